The van der Waals surface area contributed by atoms with E-state index >= 15 is 0 Å². The number of hydrogen-bond donors (Lipinski definition) is 1. The highest BCUT2D eigenvalue weighted by Gasteiger charge is 2.14. The number of nitrogens with zero attached hydrogens (tertiary/aromatic N) is 3. The van der Waals surface area contributed by atoms with Crippen LogP contribution in [-0.2, 0) is 4.79 Å². The first-order valence-corrected chi connectivity index (χ1v) is 4.35. The van der Waals surface area contributed by atoms with Crippen LogP contribution in [0.5, 0.6) is 0 Å². The summed E-state index contributed by atoms with van der Waals surface area (Å²) in [4.78, 5) is 20.9. The van der Waals surface area contributed by atoms with Crippen molar-refractivity contribution in [2.24, 2.45) is 0 Å². The molecule has 0 aliphatic carbocycles. The highest BCUT2D eigenvalue weighted by atomic mass is 16.2. The van der Waals surface area contributed by atoms with Crippen molar-refractivity contribution in [3.8, 4) is 0 Å². The zero-order valence-corrected chi connectivity index (χ0v) is 8.56. The van der Waals surface area contributed by atoms with E-state index in [9.17, 15) is 4.79 Å². The fraction of sp³-hybridized carbons (Fsp3) is 0.444. The summed E-state index contributed by atoms with van der Waals surface area (Å²) >= 11 is 0. The second kappa shape index (κ2) is 4.55. The molecule has 0 aromatic carbocycles. The molecule has 1 N–H and O–H groups in total. The third-order valence-corrected chi connectivity index (χ3v) is 1.74. The number of hydrogen-bond acceptors (Lipinski definition) is 4. The van der Waals surface area contributed by atoms with E-state index in [0.29, 0.717) is 5.82 Å². The highest BCUT2D eigenvalue weighted by Crippen LogP contribution is 2.01. The highest BCUT2D eigenvalue weighted by molar-refractivity contribution is 5.83. The van der Waals surface area contributed by atoms with Gasteiger partial charge in [-0.05, 0) is 6.92 Å². The van der Waals surface area contributed by atoms with Crippen molar-refractivity contribution in [2.75, 3.05) is 19.4 Å². The topological polar surface area (TPSA) is 58.1 Å². The Bertz CT molecular complexity index is 299. The smallest absolute Gasteiger partial charge is 0.244 e. The third-order valence-electron chi connectivity index (χ3n) is 1.74. The Labute approximate surface area is 83.2 Å². The van der Waals surface area contributed by atoms with E-state index in [-0.39, 0.29) is 11.9 Å². The predicted octanol–water partition coefficient (Wildman–Crippen LogP) is 0.365. The average Bonchev–Trinajstić information content (AvgIpc) is 2.18. The van der Waals surface area contributed by atoms with Crippen molar-refractivity contribution in [1.82, 2.24) is 14.9 Å². The maximum Gasteiger partial charge on any atom is 0.244 e. The number of carbonyl (C=O) groups excluding carboxylic acids is 1. The second-order valence-electron chi connectivity index (χ2n) is 3.19. The van der Waals surface area contributed by atoms with Gasteiger partial charge in [0.1, 0.15) is 11.9 Å². The predicted molar refractivity (Wildman–Crippen MR) is 53.8 cm³/mol. The molecule has 1 amide bonds. The van der Waals surface area contributed by atoms with Gasteiger partial charge in [0.05, 0.1) is 6.20 Å². The molecule has 1 heterocycles. The minimum Gasteiger partial charge on any atom is -0.357 e. The minimum atomic E-state index is -0.290. The molecular weight excluding hydrogens is 180 g/mol. The SMILES string of the molecule is CC(Nc1cnccn1)C(=O)N(C)C. The number of amides is 1. The summed E-state index contributed by atoms with van der Waals surface area (Å²) in [6.07, 6.45) is 4.75. The lowest BCUT2D eigenvalue weighted by Gasteiger charge is -2.17. The number of anilines is 1. The van der Waals surface area contributed by atoms with Gasteiger partial charge >= 0.3 is 0 Å². The van der Waals surface area contributed by atoms with Crippen molar-refractivity contribution in [3.63, 3.8) is 0 Å². The van der Waals surface area contributed by atoms with E-state index in [1.165, 1.54) is 4.90 Å². The molecule has 0 bridgehead atoms. The van der Waals surface area contributed by atoms with Gasteiger partial charge in [-0.2, -0.15) is 0 Å². The summed E-state index contributed by atoms with van der Waals surface area (Å²) in [5, 5.41) is 2.96. The molecule has 1 aromatic rings. The van der Waals surface area contributed by atoms with Crippen LogP contribution in [0.15, 0.2) is 18.6 Å². The molecule has 0 saturated heterocycles. The number of nitrogens with one attached hydrogen (secondary N) is 1. The number of aromatic nitrogens is 2. The maximum atomic E-state index is 11.5. The van der Waals surface area contributed by atoms with Crippen molar-refractivity contribution in [3.05, 3.63) is 18.6 Å². The lowest BCUT2D eigenvalue weighted by Crippen LogP contribution is -2.36. The van der Waals surface area contributed by atoms with E-state index in [1.807, 2.05) is 0 Å². The van der Waals surface area contributed by atoms with Gasteiger partial charge in [-0.3, -0.25) is 9.78 Å². The molecule has 14 heavy (non-hydrogen) atoms. The molecule has 1 aromatic heterocycles. The monoisotopic (exact) mass is 194 g/mol. The molecule has 0 aliphatic heterocycles. The van der Waals surface area contributed by atoms with Crippen LogP contribution in [0.4, 0.5) is 5.82 Å². The number of likely N-dealkylation sites (N-methyl/N-ethyl adjacent to an activating group) is 1. The second-order valence-corrected chi connectivity index (χ2v) is 3.19. The number of carbonyl (C=O) groups is 1. The van der Waals surface area contributed by atoms with Gasteiger partial charge in [0.25, 0.3) is 0 Å². The van der Waals surface area contributed by atoms with Crippen molar-refractivity contribution in [1.29, 1.82) is 0 Å². The van der Waals surface area contributed by atoms with E-state index in [1.54, 1.807) is 39.6 Å². The van der Waals surface area contributed by atoms with E-state index in [4.69, 9.17) is 0 Å². The number of rotatable bonds is 3. The van der Waals surface area contributed by atoms with Gasteiger partial charge in [0, 0.05) is 26.5 Å². The van der Waals surface area contributed by atoms with Gasteiger partial charge in [0.15, 0.2) is 0 Å². The van der Waals surface area contributed by atoms with Gasteiger partial charge in [0.2, 0.25) is 5.91 Å². The Kier molecular flexibility index (Phi) is 3.39. The third kappa shape index (κ3) is 2.69. The Hall–Kier alpha value is -1.65. The standard InChI is InChI=1S/C9H14N4O/c1-7(9(14)13(2)3)12-8-6-10-4-5-11-8/h4-7H,1-3H3,(H,11,12). The van der Waals surface area contributed by atoms with E-state index in [2.05, 4.69) is 15.3 Å². The summed E-state index contributed by atoms with van der Waals surface area (Å²) in [6.45, 7) is 1.79. The van der Waals surface area contributed by atoms with Crippen LogP contribution in [0, 0.1) is 0 Å². The molecule has 1 rings (SSSR count). The first kappa shape index (κ1) is 10.4. The van der Waals surface area contributed by atoms with Gasteiger partial charge in [-0.15, -0.1) is 0 Å². The fourth-order valence-electron chi connectivity index (χ4n) is 1.04. The molecule has 5 heteroatoms. The average molecular weight is 194 g/mol. The Balaban J connectivity index is 2.57. The molecule has 76 valence electrons. The summed E-state index contributed by atoms with van der Waals surface area (Å²) in [6, 6.07) is -0.290. The van der Waals surface area contributed by atoms with Crippen LogP contribution < -0.4 is 5.32 Å². The lowest BCUT2D eigenvalue weighted by molar-refractivity contribution is -0.129. The quantitative estimate of drug-likeness (QED) is 0.755. The summed E-state index contributed by atoms with van der Waals surface area (Å²) in [5.74, 6) is 0.617. The Morgan fingerprint density at radius 1 is 1.50 bits per heavy atom. The molecule has 0 aliphatic rings. The van der Waals surface area contributed by atoms with Crippen molar-refractivity contribution >= 4 is 11.7 Å². The lowest BCUT2D eigenvalue weighted by atomic mass is 10.3. The fourth-order valence-corrected chi connectivity index (χ4v) is 1.04. The molecule has 0 spiro atoms. The summed E-state index contributed by atoms with van der Waals surface area (Å²) < 4.78 is 0. The van der Waals surface area contributed by atoms with E-state index < -0.39 is 0 Å². The summed E-state index contributed by atoms with van der Waals surface area (Å²) in [7, 11) is 3.44. The Morgan fingerprint density at radius 2 is 2.21 bits per heavy atom. The Morgan fingerprint density at radius 3 is 2.71 bits per heavy atom. The van der Waals surface area contributed by atoms with Crippen LogP contribution in [0.1, 0.15) is 6.92 Å². The minimum absolute atomic E-state index is 0.00986. The largest absolute Gasteiger partial charge is 0.357 e. The zero-order chi connectivity index (χ0) is 10.6. The van der Waals surface area contributed by atoms with Crippen LogP contribution in [-0.4, -0.2) is 40.9 Å². The van der Waals surface area contributed by atoms with Crippen LogP contribution in [0.3, 0.4) is 0 Å². The molecule has 0 saturated carbocycles. The molecule has 5 nitrogen and oxygen atoms in total. The molecule has 0 fully saturated rings. The van der Waals surface area contributed by atoms with Gasteiger partial charge in [-0.25, -0.2) is 4.98 Å². The molecule has 1 unspecified atom stereocenters. The van der Waals surface area contributed by atoms with Crippen molar-refractivity contribution in [2.45, 2.75) is 13.0 Å². The van der Waals surface area contributed by atoms with Gasteiger partial charge < -0.3 is 10.2 Å². The normalized spacial score (nSPS) is 11.9. The first-order valence-electron chi connectivity index (χ1n) is 4.35. The molecule has 1 atom stereocenters. The van der Waals surface area contributed by atoms with Gasteiger partial charge in [-0.1, -0.05) is 0 Å². The summed E-state index contributed by atoms with van der Waals surface area (Å²) in [5.41, 5.74) is 0. The van der Waals surface area contributed by atoms with Crippen LogP contribution in [0.2, 0.25) is 0 Å². The van der Waals surface area contributed by atoms with E-state index in [0.717, 1.165) is 0 Å². The molecule has 0 radical (unpaired) electrons. The van der Waals surface area contributed by atoms with Crippen LogP contribution in [0.25, 0.3) is 0 Å². The first-order chi connectivity index (χ1) is 6.61. The molecular formula is C9H14N4O. The zero-order valence-electron chi connectivity index (χ0n) is 8.56. The van der Waals surface area contributed by atoms with Crippen LogP contribution >= 0.6 is 0 Å². The maximum absolute atomic E-state index is 11.5. The van der Waals surface area contributed by atoms with Crippen molar-refractivity contribution < 1.29 is 4.79 Å².